The summed E-state index contributed by atoms with van der Waals surface area (Å²) in [7, 11) is 4.01. The SMILES string of the molecule is CN(C)C1CCN(C(CN)c2cc(F)c(F)c(F)c2)C1. The van der Waals surface area contributed by atoms with Crippen LogP contribution in [0.25, 0.3) is 0 Å². The van der Waals surface area contributed by atoms with E-state index in [1.165, 1.54) is 0 Å². The smallest absolute Gasteiger partial charge is 0.194 e. The minimum absolute atomic E-state index is 0.241. The summed E-state index contributed by atoms with van der Waals surface area (Å²) in [6.07, 6.45) is 0.982. The van der Waals surface area contributed by atoms with Gasteiger partial charge in [0.15, 0.2) is 17.5 Å². The number of nitrogens with two attached hydrogens (primary N) is 1. The van der Waals surface area contributed by atoms with Gasteiger partial charge in [0.25, 0.3) is 0 Å². The van der Waals surface area contributed by atoms with Crippen LogP contribution >= 0.6 is 0 Å². The molecule has 112 valence electrons. The lowest BCUT2D eigenvalue weighted by Gasteiger charge is -2.28. The molecule has 1 heterocycles. The summed E-state index contributed by atoms with van der Waals surface area (Å²) in [6.45, 7) is 1.84. The first kappa shape index (κ1) is 15.3. The topological polar surface area (TPSA) is 32.5 Å². The van der Waals surface area contributed by atoms with Crippen LogP contribution in [0, 0.1) is 17.5 Å². The molecule has 1 saturated heterocycles. The van der Waals surface area contributed by atoms with E-state index in [9.17, 15) is 13.2 Å². The molecule has 2 N–H and O–H groups in total. The Labute approximate surface area is 117 Å². The molecule has 0 bridgehead atoms. The molecule has 6 heteroatoms. The fourth-order valence-electron chi connectivity index (χ4n) is 2.74. The van der Waals surface area contributed by atoms with Crippen molar-refractivity contribution in [3.63, 3.8) is 0 Å². The summed E-state index contributed by atoms with van der Waals surface area (Å²) in [5.41, 5.74) is 6.14. The van der Waals surface area contributed by atoms with Crippen LogP contribution in [0.3, 0.4) is 0 Å². The summed E-state index contributed by atoms with van der Waals surface area (Å²) >= 11 is 0. The van der Waals surface area contributed by atoms with Gasteiger partial charge in [0, 0.05) is 31.7 Å². The highest BCUT2D eigenvalue weighted by atomic mass is 19.2. The predicted octanol–water partition coefficient (Wildman–Crippen LogP) is 1.74. The van der Waals surface area contributed by atoms with Crippen molar-refractivity contribution in [2.75, 3.05) is 33.7 Å². The molecule has 0 saturated carbocycles. The van der Waals surface area contributed by atoms with Crippen molar-refractivity contribution in [3.8, 4) is 0 Å². The Morgan fingerprint density at radius 1 is 1.30 bits per heavy atom. The molecule has 2 unspecified atom stereocenters. The highest BCUT2D eigenvalue weighted by molar-refractivity contribution is 5.23. The molecule has 20 heavy (non-hydrogen) atoms. The third-order valence-corrected chi connectivity index (χ3v) is 3.98. The Kier molecular flexibility index (Phi) is 4.67. The second-order valence-electron chi connectivity index (χ2n) is 5.45. The molecule has 3 nitrogen and oxygen atoms in total. The Hall–Kier alpha value is -1.11. The molecule has 0 aromatic heterocycles. The third-order valence-electron chi connectivity index (χ3n) is 3.98. The lowest BCUT2D eigenvalue weighted by Crippen LogP contribution is -2.36. The average Bonchev–Trinajstić information content (AvgIpc) is 2.86. The van der Waals surface area contributed by atoms with E-state index < -0.39 is 17.5 Å². The molecule has 2 atom stereocenters. The minimum Gasteiger partial charge on any atom is -0.329 e. The maximum absolute atomic E-state index is 13.3. The summed E-state index contributed by atoms with van der Waals surface area (Å²) in [5, 5.41) is 0. The maximum Gasteiger partial charge on any atom is 0.194 e. The van der Waals surface area contributed by atoms with Crippen LogP contribution < -0.4 is 5.73 Å². The molecular weight excluding hydrogens is 267 g/mol. The van der Waals surface area contributed by atoms with Crippen molar-refractivity contribution in [2.24, 2.45) is 5.73 Å². The number of likely N-dealkylation sites (N-methyl/N-ethyl adjacent to an activating group) is 1. The second kappa shape index (κ2) is 6.11. The highest BCUT2D eigenvalue weighted by Crippen LogP contribution is 2.27. The van der Waals surface area contributed by atoms with E-state index in [2.05, 4.69) is 9.80 Å². The van der Waals surface area contributed by atoms with Crippen LogP contribution in [0.5, 0.6) is 0 Å². The third kappa shape index (κ3) is 2.97. The molecule has 0 spiro atoms. The molecule has 1 aromatic rings. The van der Waals surface area contributed by atoms with E-state index in [1.807, 2.05) is 14.1 Å². The summed E-state index contributed by atoms with van der Waals surface area (Å²) < 4.78 is 39.7. The van der Waals surface area contributed by atoms with Crippen molar-refractivity contribution in [3.05, 3.63) is 35.1 Å². The van der Waals surface area contributed by atoms with Gasteiger partial charge < -0.3 is 10.6 Å². The molecule has 1 aliphatic heterocycles. The molecule has 0 aliphatic carbocycles. The maximum atomic E-state index is 13.3. The van der Waals surface area contributed by atoms with E-state index in [1.54, 1.807) is 0 Å². The molecule has 0 radical (unpaired) electrons. The van der Waals surface area contributed by atoms with Gasteiger partial charge >= 0.3 is 0 Å². The zero-order chi connectivity index (χ0) is 14.9. The number of nitrogens with zero attached hydrogens (tertiary/aromatic N) is 2. The van der Waals surface area contributed by atoms with Crippen molar-refractivity contribution < 1.29 is 13.2 Å². The van der Waals surface area contributed by atoms with Crippen LogP contribution in [0.1, 0.15) is 18.0 Å². The van der Waals surface area contributed by atoms with Crippen molar-refractivity contribution in [1.82, 2.24) is 9.80 Å². The van der Waals surface area contributed by atoms with Gasteiger partial charge in [0.2, 0.25) is 0 Å². The normalized spacial score (nSPS) is 21.6. The highest BCUT2D eigenvalue weighted by Gasteiger charge is 2.30. The lowest BCUT2D eigenvalue weighted by atomic mass is 10.0. The fraction of sp³-hybridized carbons (Fsp3) is 0.571. The molecule has 1 aliphatic rings. The van der Waals surface area contributed by atoms with Crippen LogP contribution in [0.2, 0.25) is 0 Å². The summed E-state index contributed by atoms with van der Waals surface area (Å²) in [6, 6.07) is 2.20. The molecular formula is C14H20F3N3. The zero-order valence-electron chi connectivity index (χ0n) is 11.7. The first-order chi connectivity index (χ1) is 9.43. The Bertz CT molecular complexity index is 456. The van der Waals surface area contributed by atoms with Crippen LogP contribution in [-0.4, -0.2) is 49.6 Å². The molecule has 2 rings (SSSR count). The van der Waals surface area contributed by atoms with Gasteiger partial charge in [0.1, 0.15) is 0 Å². The van der Waals surface area contributed by atoms with E-state index >= 15 is 0 Å². The van der Waals surface area contributed by atoms with Crippen molar-refractivity contribution in [1.29, 1.82) is 0 Å². The van der Waals surface area contributed by atoms with Gasteiger partial charge in [-0.3, -0.25) is 4.90 Å². The number of hydrogen-bond donors (Lipinski definition) is 1. The van der Waals surface area contributed by atoms with Gasteiger partial charge in [-0.25, -0.2) is 13.2 Å². The van der Waals surface area contributed by atoms with E-state index in [0.717, 1.165) is 31.6 Å². The molecule has 1 aromatic carbocycles. The Morgan fingerprint density at radius 2 is 1.90 bits per heavy atom. The molecule has 1 fully saturated rings. The first-order valence-corrected chi connectivity index (χ1v) is 6.69. The van der Waals surface area contributed by atoms with Crippen LogP contribution in [0.4, 0.5) is 13.2 Å². The summed E-state index contributed by atoms with van der Waals surface area (Å²) in [5.74, 6) is -3.76. The fourth-order valence-corrected chi connectivity index (χ4v) is 2.74. The van der Waals surface area contributed by atoms with Gasteiger partial charge in [0.05, 0.1) is 0 Å². The minimum atomic E-state index is -1.43. The van der Waals surface area contributed by atoms with Crippen molar-refractivity contribution in [2.45, 2.75) is 18.5 Å². The molecule has 0 amide bonds. The van der Waals surface area contributed by atoms with E-state index in [-0.39, 0.29) is 12.6 Å². The Balaban J connectivity index is 2.21. The number of rotatable bonds is 4. The standard InChI is InChI=1S/C14H20F3N3/c1-19(2)10-3-4-20(8-10)13(7-18)9-5-11(15)14(17)12(16)6-9/h5-6,10,13H,3-4,7-8,18H2,1-2H3. The number of hydrogen-bond acceptors (Lipinski definition) is 3. The predicted molar refractivity (Wildman–Crippen MR) is 71.8 cm³/mol. The number of benzene rings is 1. The van der Waals surface area contributed by atoms with E-state index in [4.69, 9.17) is 5.73 Å². The van der Waals surface area contributed by atoms with Gasteiger partial charge in [-0.05, 0) is 38.2 Å². The Morgan fingerprint density at radius 3 is 2.35 bits per heavy atom. The number of halogens is 3. The van der Waals surface area contributed by atoms with Crippen LogP contribution in [0.15, 0.2) is 12.1 Å². The summed E-state index contributed by atoms with van der Waals surface area (Å²) in [4.78, 5) is 4.22. The van der Waals surface area contributed by atoms with Crippen molar-refractivity contribution >= 4 is 0 Å². The first-order valence-electron chi connectivity index (χ1n) is 6.69. The quantitative estimate of drug-likeness (QED) is 0.856. The van der Waals surface area contributed by atoms with E-state index in [0.29, 0.717) is 11.6 Å². The van der Waals surface area contributed by atoms with Gasteiger partial charge in [-0.1, -0.05) is 0 Å². The second-order valence-corrected chi connectivity index (χ2v) is 5.45. The van der Waals surface area contributed by atoms with Crippen LogP contribution in [-0.2, 0) is 0 Å². The lowest BCUT2D eigenvalue weighted by molar-refractivity contribution is 0.219. The average molecular weight is 287 g/mol. The zero-order valence-corrected chi connectivity index (χ0v) is 11.7. The van der Waals surface area contributed by atoms with Gasteiger partial charge in [-0.2, -0.15) is 0 Å². The van der Waals surface area contributed by atoms with Gasteiger partial charge in [-0.15, -0.1) is 0 Å². The largest absolute Gasteiger partial charge is 0.329 e. The monoisotopic (exact) mass is 287 g/mol. The number of likely N-dealkylation sites (tertiary alicyclic amines) is 1.